The predicted octanol–water partition coefficient (Wildman–Crippen LogP) is 2.82. The second kappa shape index (κ2) is 9.40. The Bertz CT molecular complexity index is 1110. The molecule has 10 heteroatoms. The van der Waals surface area contributed by atoms with Crippen LogP contribution in [0.5, 0.6) is 11.5 Å². The smallest absolute Gasteiger partial charge is 0.319 e. The van der Waals surface area contributed by atoms with Crippen LogP contribution in [-0.2, 0) is 6.54 Å². The van der Waals surface area contributed by atoms with Crippen LogP contribution in [0.4, 0.5) is 10.5 Å². The van der Waals surface area contributed by atoms with Crippen LogP contribution in [0.3, 0.4) is 0 Å². The maximum absolute atomic E-state index is 12.3. The molecule has 9 nitrogen and oxygen atoms in total. The Labute approximate surface area is 177 Å². The van der Waals surface area contributed by atoms with Crippen LogP contribution in [0.1, 0.15) is 10.7 Å². The number of rotatable bonds is 7. The number of methoxy groups -OCH3 is 2. The maximum atomic E-state index is 12.3. The number of nitrogens with zero attached hydrogens (tertiary/aromatic N) is 3. The molecule has 0 saturated heterocycles. The highest BCUT2D eigenvalue weighted by Crippen LogP contribution is 2.34. The summed E-state index contributed by atoms with van der Waals surface area (Å²) < 4.78 is 11.8. The van der Waals surface area contributed by atoms with Gasteiger partial charge in [-0.1, -0.05) is 6.07 Å². The Balaban J connectivity index is 1.64. The largest absolute Gasteiger partial charge is 0.493 e. The summed E-state index contributed by atoms with van der Waals surface area (Å²) in [6, 6.07) is 7.91. The molecule has 0 atom stereocenters. The number of thiazole rings is 1. The van der Waals surface area contributed by atoms with Crippen molar-refractivity contribution in [3.63, 3.8) is 0 Å². The molecule has 0 spiro atoms. The van der Waals surface area contributed by atoms with Gasteiger partial charge in [-0.3, -0.25) is 4.79 Å². The summed E-state index contributed by atoms with van der Waals surface area (Å²) in [5, 5.41) is 10.8. The van der Waals surface area contributed by atoms with Crippen LogP contribution in [0, 0.1) is 13.8 Å². The zero-order valence-electron chi connectivity index (χ0n) is 17.2. The molecule has 0 bridgehead atoms. The minimum absolute atomic E-state index is 0.217. The average Bonchev–Trinajstić information content (AvgIpc) is 3.07. The molecular weight excluding hydrogens is 406 g/mol. The first-order valence-corrected chi connectivity index (χ1v) is 10.0. The number of ether oxygens (including phenoxy) is 2. The van der Waals surface area contributed by atoms with Gasteiger partial charge in [0.05, 0.1) is 42.0 Å². The van der Waals surface area contributed by atoms with E-state index in [0.717, 1.165) is 15.6 Å². The number of urea groups is 1. The third-order valence-corrected chi connectivity index (χ3v) is 5.36. The van der Waals surface area contributed by atoms with Crippen molar-refractivity contribution >= 4 is 23.1 Å². The van der Waals surface area contributed by atoms with Crippen LogP contribution < -0.4 is 25.7 Å². The molecule has 2 aromatic heterocycles. The molecule has 0 aliphatic carbocycles. The highest BCUT2D eigenvalue weighted by atomic mass is 32.1. The van der Waals surface area contributed by atoms with Crippen molar-refractivity contribution in [2.24, 2.45) is 0 Å². The first-order valence-electron chi connectivity index (χ1n) is 9.21. The lowest BCUT2D eigenvalue weighted by molar-refractivity contribution is 0.251. The molecule has 0 saturated carbocycles. The van der Waals surface area contributed by atoms with E-state index in [1.165, 1.54) is 36.3 Å². The lowest BCUT2D eigenvalue weighted by Gasteiger charge is -2.14. The molecule has 2 heterocycles. The van der Waals surface area contributed by atoms with Gasteiger partial charge in [-0.05, 0) is 32.0 Å². The van der Waals surface area contributed by atoms with Gasteiger partial charge in [0.15, 0.2) is 11.5 Å². The molecule has 0 unspecified atom stereocenters. The molecule has 0 aliphatic heterocycles. The Morgan fingerprint density at radius 2 is 1.97 bits per heavy atom. The van der Waals surface area contributed by atoms with Gasteiger partial charge in [-0.25, -0.2) is 14.5 Å². The number of para-hydroxylation sites is 1. The summed E-state index contributed by atoms with van der Waals surface area (Å²) in [7, 11) is 3.02. The molecular formula is C20H23N5O4S. The number of anilines is 1. The van der Waals surface area contributed by atoms with Crippen molar-refractivity contribution in [2.75, 3.05) is 26.1 Å². The Morgan fingerprint density at radius 1 is 1.17 bits per heavy atom. The van der Waals surface area contributed by atoms with Gasteiger partial charge in [0.25, 0.3) is 5.56 Å². The molecule has 158 valence electrons. The summed E-state index contributed by atoms with van der Waals surface area (Å²) in [5.41, 5.74) is 1.79. The summed E-state index contributed by atoms with van der Waals surface area (Å²) >= 11 is 1.53. The van der Waals surface area contributed by atoms with E-state index in [1.54, 1.807) is 24.3 Å². The van der Waals surface area contributed by atoms with E-state index >= 15 is 0 Å². The molecule has 0 fully saturated rings. The summed E-state index contributed by atoms with van der Waals surface area (Å²) in [5.74, 6) is 0.937. The molecule has 2 N–H and O–H groups in total. The monoisotopic (exact) mass is 429 g/mol. The molecule has 2 amide bonds. The molecule has 0 radical (unpaired) electrons. The topological polar surface area (TPSA) is 107 Å². The molecule has 0 aliphatic rings. The van der Waals surface area contributed by atoms with Gasteiger partial charge >= 0.3 is 6.03 Å². The van der Waals surface area contributed by atoms with Crippen molar-refractivity contribution in [3.8, 4) is 22.1 Å². The van der Waals surface area contributed by atoms with Crippen LogP contribution >= 0.6 is 11.3 Å². The van der Waals surface area contributed by atoms with Gasteiger partial charge in [-0.2, -0.15) is 5.10 Å². The number of carbonyl (C=O) groups is 1. The summed E-state index contributed by atoms with van der Waals surface area (Å²) in [6.07, 6.45) is 0. The lowest BCUT2D eigenvalue weighted by atomic mass is 10.2. The number of aromatic nitrogens is 3. The average molecular weight is 430 g/mol. The van der Waals surface area contributed by atoms with Crippen molar-refractivity contribution in [3.05, 3.63) is 51.4 Å². The van der Waals surface area contributed by atoms with Crippen molar-refractivity contribution in [2.45, 2.75) is 20.4 Å². The fraction of sp³-hybridized carbons (Fsp3) is 0.300. The first-order chi connectivity index (χ1) is 14.4. The number of benzene rings is 1. The van der Waals surface area contributed by atoms with E-state index < -0.39 is 6.03 Å². The van der Waals surface area contributed by atoms with Gasteiger partial charge < -0.3 is 20.1 Å². The van der Waals surface area contributed by atoms with E-state index in [4.69, 9.17) is 9.47 Å². The molecule has 1 aromatic carbocycles. The first kappa shape index (κ1) is 21.3. The Kier molecular flexibility index (Phi) is 6.68. The van der Waals surface area contributed by atoms with E-state index in [9.17, 15) is 9.59 Å². The zero-order valence-corrected chi connectivity index (χ0v) is 18.0. The third-order valence-electron chi connectivity index (χ3n) is 4.26. The van der Waals surface area contributed by atoms with Crippen molar-refractivity contribution in [1.29, 1.82) is 0 Å². The van der Waals surface area contributed by atoms with Crippen molar-refractivity contribution < 1.29 is 14.3 Å². The standard InChI is InChI=1S/C20H23N5O4S/c1-12-19(30-13(2)22-12)15-8-9-17(26)25(24-15)11-10-21-20(27)23-14-6-5-7-16(28-3)18(14)29-4/h5-9H,10-11H2,1-4H3,(H2,21,23,27). The van der Waals surface area contributed by atoms with E-state index in [-0.39, 0.29) is 18.6 Å². The van der Waals surface area contributed by atoms with Gasteiger partial charge in [0, 0.05) is 12.6 Å². The number of aryl methyl sites for hydroxylation is 2. The van der Waals surface area contributed by atoms with Crippen molar-refractivity contribution in [1.82, 2.24) is 20.1 Å². The number of hydrogen-bond acceptors (Lipinski definition) is 7. The van der Waals surface area contributed by atoms with E-state index in [1.807, 2.05) is 13.8 Å². The molecule has 3 rings (SSSR count). The quantitative estimate of drug-likeness (QED) is 0.598. The fourth-order valence-corrected chi connectivity index (χ4v) is 3.81. The van der Waals surface area contributed by atoms with Crippen LogP contribution in [-0.4, -0.2) is 41.6 Å². The maximum Gasteiger partial charge on any atom is 0.319 e. The van der Waals surface area contributed by atoms with Crippen LogP contribution in [0.15, 0.2) is 35.1 Å². The third kappa shape index (κ3) is 4.77. The second-order valence-corrected chi connectivity index (χ2v) is 7.55. The van der Waals surface area contributed by atoms with Gasteiger partial charge in [-0.15, -0.1) is 11.3 Å². The minimum Gasteiger partial charge on any atom is -0.493 e. The van der Waals surface area contributed by atoms with Gasteiger partial charge in [0.2, 0.25) is 0 Å². The summed E-state index contributed by atoms with van der Waals surface area (Å²) in [6.45, 7) is 4.28. The SMILES string of the molecule is COc1cccc(NC(=O)NCCn2nc(-c3sc(C)nc3C)ccc2=O)c1OC. The number of carbonyl (C=O) groups excluding carboxylic acids is 1. The predicted molar refractivity (Wildman–Crippen MR) is 116 cm³/mol. The zero-order chi connectivity index (χ0) is 21.7. The Hall–Kier alpha value is -3.40. The Morgan fingerprint density at radius 3 is 2.63 bits per heavy atom. The molecule has 3 aromatic rings. The second-order valence-electron chi connectivity index (χ2n) is 6.35. The minimum atomic E-state index is -0.431. The fourth-order valence-electron chi connectivity index (χ4n) is 2.93. The van der Waals surface area contributed by atoms with Crippen LogP contribution in [0.25, 0.3) is 10.6 Å². The lowest BCUT2D eigenvalue weighted by Crippen LogP contribution is -2.34. The number of amides is 2. The van der Waals surface area contributed by atoms with Gasteiger partial charge in [0.1, 0.15) is 5.69 Å². The highest BCUT2D eigenvalue weighted by molar-refractivity contribution is 7.15. The van der Waals surface area contributed by atoms with E-state index in [2.05, 4.69) is 20.7 Å². The summed E-state index contributed by atoms with van der Waals surface area (Å²) in [4.78, 5) is 29.7. The number of nitrogens with one attached hydrogen (secondary N) is 2. The van der Waals surface area contributed by atoms with Crippen LogP contribution in [0.2, 0.25) is 0 Å². The van der Waals surface area contributed by atoms with E-state index in [0.29, 0.717) is 22.9 Å². The number of hydrogen-bond donors (Lipinski definition) is 2. The highest BCUT2D eigenvalue weighted by Gasteiger charge is 2.13. The molecule has 30 heavy (non-hydrogen) atoms. The normalized spacial score (nSPS) is 10.5.